The van der Waals surface area contributed by atoms with E-state index in [0.29, 0.717) is 0 Å². The number of unbranched alkanes of at least 4 members (excludes halogenated alkanes) is 1. The highest BCUT2D eigenvalue weighted by Gasteiger charge is 2.04. The standard InChI is InChI=1S/C15H22N2O/c1-3-16-10-4-5-11-17-12-9-13-14(17)7-6-8-15(13)18-2/h6-9,12,16H,3-5,10-11H2,1-2H3. The van der Waals surface area contributed by atoms with Crippen molar-refractivity contribution in [1.29, 1.82) is 0 Å². The lowest BCUT2D eigenvalue weighted by Crippen LogP contribution is -2.14. The van der Waals surface area contributed by atoms with Crippen LogP contribution in [0.1, 0.15) is 19.8 Å². The quantitative estimate of drug-likeness (QED) is 0.760. The van der Waals surface area contributed by atoms with Gasteiger partial charge in [0.1, 0.15) is 5.75 Å². The number of rotatable bonds is 7. The van der Waals surface area contributed by atoms with Gasteiger partial charge in [0.05, 0.1) is 12.6 Å². The lowest BCUT2D eigenvalue weighted by molar-refractivity contribution is 0.420. The predicted octanol–water partition coefficient (Wildman–Crippen LogP) is 3.04. The number of nitrogens with zero attached hydrogens (tertiary/aromatic N) is 1. The minimum atomic E-state index is 0.957. The molecule has 0 radical (unpaired) electrons. The van der Waals surface area contributed by atoms with E-state index in [9.17, 15) is 0 Å². The van der Waals surface area contributed by atoms with Gasteiger partial charge in [-0.3, -0.25) is 0 Å². The lowest BCUT2D eigenvalue weighted by atomic mass is 10.2. The Morgan fingerprint density at radius 2 is 2.11 bits per heavy atom. The zero-order valence-electron chi connectivity index (χ0n) is 11.3. The predicted molar refractivity (Wildman–Crippen MR) is 76.3 cm³/mol. The third-order valence-corrected chi connectivity index (χ3v) is 3.25. The van der Waals surface area contributed by atoms with E-state index in [1.54, 1.807) is 7.11 Å². The van der Waals surface area contributed by atoms with Crippen molar-refractivity contribution in [3.63, 3.8) is 0 Å². The van der Waals surface area contributed by atoms with E-state index >= 15 is 0 Å². The maximum atomic E-state index is 5.38. The number of ether oxygens (including phenoxy) is 1. The van der Waals surface area contributed by atoms with E-state index in [1.165, 1.54) is 23.7 Å². The summed E-state index contributed by atoms with van der Waals surface area (Å²) >= 11 is 0. The summed E-state index contributed by atoms with van der Waals surface area (Å²) < 4.78 is 7.68. The van der Waals surface area contributed by atoms with Crippen LogP contribution in [0, 0.1) is 0 Å². The lowest BCUT2D eigenvalue weighted by Gasteiger charge is -2.07. The van der Waals surface area contributed by atoms with Gasteiger partial charge in [-0.05, 0) is 44.1 Å². The van der Waals surface area contributed by atoms with Gasteiger partial charge in [-0.25, -0.2) is 0 Å². The van der Waals surface area contributed by atoms with Crippen LogP contribution in [0.4, 0.5) is 0 Å². The van der Waals surface area contributed by atoms with E-state index < -0.39 is 0 Å². The monoisotopic (exact) mass is 246 g/mol. The molecule has 0 fully saturated rings. The Morgan fingerprint density at radius 3 is 2.89 bits per heavy atom. The molecule has 1 heterocycles. The van der Waals surface area contributed by atoms with Crippen LogP contribution < -0.4 is 10.1 Å². The summed E-state index contributed by atoms with van der Waals surface area (Å²) in [4.78, 5) is 0. The number of fused-ring (bicyclic) bond motifs is 1. The largest absolute Gasteiger partial charge is 0.496 e. The van der Waals surface area contributed by atoms with E-state index in [2.05, 4.69) is 41.2 Å². The van der Waals surface area contributed by atoms with Gasteiger partial charge < -0.3 is 14.6 Å². The highest BCUT2D eigenvalue weighted by Crippen LogP contribution is 2.26. The number of aromatic nitrogens is 1. The van der Waals surface area contributed by atoms with Crippen LogP contribution in [0.3, 0.4) is 0 Å². The van der Waals surface area contributed by atoms with Gasteiger partial charge >= 0.3 is 0 Å². The first-order valence-corrected chi connectivity index (χ1v) is 6.69. The number of benzene rings is 1. The molecule has 0 atom stereocenters. The maximum absolute atomic E-state index is 5.38. The van der Waals surface area contributed by atoms with Crippen molar-refractivity contribution < 1.29 is 4.74 Å². The van der Waals surface area contributed by atoms with Gasteiger partial charge in [-0.1, -0.05) is 13.0 Å². The molecule has 1 aromatic carbocycles. The van der Waals surface area contributed by atoms with Crippen molar-refractivity contribution in [3.05, 3.63) is 30.5 Å². The molecule has 2 rings (SSSR count). The van der Waals surface area contributed by atoms with Gasteiger partial charge in [0, 0.05) is 18.1 Å². The molecule has 0 saturated heterocycles. The maximum Gasteiger partial charge on any atom is 0.128 e. The molecule has 1 N–H and O–H groups in total. The summed E-state index contributed by atoms with van der Waals surface area (Å²) in [6, 6.07) is 8.36. The van der Waals surface area contributed by atoms with E-state index in [0.717, 1.165) is 25.4 Å². The highest BCUT2D eigenvalue weighted by molar-refractivity contribution is 5.86. The minimum absolute atomic E-state index is 0.957. The van der Waals surface area contributed by atoms with Crippen molar-refractivity contribution in [2.24, 2.45) is 0 Å². The topological polar surface area (TPSA) is 26.2 Å². The van der Waals surface area contributed by atoms with Crippen molar-refractivity contribution in [2.75, 3.05) is 20.2 Å². The molecule has 1 aromatic heterocycles. The fraction of sp³-hybridized carbons (Fsp3) is 0.467. The van der Waals surface area contributed by atoms with Gasteiger partial charge in [0.25, 0.3) is 0 Å². The second-order valence-electron chi connectivity index (χ2n) is 4.46. The first-order chi connectivity index (χ1) is 8.86. The third-order valence-electron chi connectivity index (χ3n) is 3.25. The molecular formula is C15H22N2O. The van der Waals surface area contributed by atoms with Crippen molar-refractivity contribution >= 4 is 10.9 Å². The molecule has 0 amide bonds. The van der Waals surface area contributed by atoms with Crippen molar-refractivity contribution in [3.8, 4) is 5.75 Å². The number of nitrogens with one attached hydrogen (secondary N) is 1. The van der Waals surface area contributed by atoms with Crippen molar-refractivity contribution in [1.82, 2.24) is 9.88 Å². The average molecular weight is 246 g/mol. The van der Waals surface area contributed by atoms with Crippen LogP contribution in [0.25, 0.3) is 10.9 Å². The van der Waals surface area contributed by atoms with Crippen LogP contribution in [-0.4, -0.2) is 24.8 Å². The summed E-state index contributed by atoms with van der Waals surface area (Å²) in [7, 11) is 1.72. The molecule has 98 valence electrons. The molecule has 0 spiro atoms. The molecule has 3 heteroatoms. The van der Waals surface area contributed by atoms with Crippen LogP contribution >= 0.6 is 0 Å². The van der Waals surface area contributed by atoms with Gasteiger partial charge in [-0.2, -0.15) is 0 Å². The van der Waals surface area contributed by atoms with Crippen LogP contribution in [0.5, 0.6) is 5.75 Å². The van der Waals surface area contributed by atoms with Gasteiger partial charge in [0.15, 0.2) is 0 Å². The molecule has 0 aliphatic heterocycles. The first-order valence-electron chi connectivity index (χ1n) is 6.69. The fourth-order valence-corrected chi connectivity index (χ4v) is 2.28. The summed E-state index contributed by atoms with van der Waals surface area (Å²) in [6.45, 7) is 5.39. The molecule has 0 bridgehead atoms. The molecule has 18 heavy (non-hydrogen) atoms. The first kappa shape index (κ1) is 13.0. The summed E-state index contributed by atoms with van der Waals surface area (Å²) in [6.07, 6.45) is 4.58. The van der Waals surface area contributed by atoms with Crippen LogP contribution in [-0.2, 0) is 6.54 Å². The van der Waals surface area contributed by atoms with E-state index in [1.807, 2.05) is 6.07 Å². The Morgan fingerprint density at radius 1 is 1.22 bits per heavy atom. The summed E-state index contributed by atoms with van der Waals surface area (Å²) in [5.74, 6) is 0.957. The molecule has 0 aliphatic rings. The third kappa shape index (κ3) is 2.85. The Hall–Kier alpha value is -1.48. The summed E-state index contributed by atoms with van der Waals surface area (Å²) in [5.41, 5.74) is 1.26. The molecule has 3 nitrogen and oxygen atoms in total. The van der Waals surface area contributed by atoms with Crippen molar-refractivity contribution in [2.45, 2.75) is 26.3 Å². The second-order valence-corrected chi connectivity index (χ2v) is 4.46. The second kappa shape index (κ2) is 6.45. The molecule has 0 saturated carbocycles. The number of methoxy groups -OCH3 is 1. The normalized spacial score (nSPS) is 11.0. The number of hydrogen-bond acceptors (Lipinski definition) is 2. The fourth-order valence-electron chi connectivity index (χ4n) is 2.28. The Balaban J connectivity index is 2.01. The van der Waals surface area contributed by atoms with Crippen LogP contribution in [0.15, 0.2) is 30.5 Å². The average Bonchev–Trinajstić information content (AvgIpc) is 2.82. The Bertz CT molecular complexity index is 490. The highest BCUT2D eigenvalue weighted by atomic mass is 16.5. The SMILES string of the molecule is CCNCCCCn1ccc2c(OC)cccc21. The smallest absolute Gasteiger partial charge is 0.128 e. The van der Waals surface area contributed by atoms with Crippen LogP contribution in [0.2, 0.25) is 0 Å². The zero-order chi connectivity index (χ0) is 12.8. The summed E-state index contributed by atoms with van der Waals surface area (Å²) in [5, 5.41) is 4.56. The van der Waals surface area contributed by atoms with E-state index in [4.69, 9.17) is 4.74 Å². The van der Waals surface area contributed by atoms with E-state index in [-0.39, 0.29) is 0 Å². The minimum Gasteiger partial charge on any atom is -0.496 e. The molecular weight excluding hydrogens is 224 g/mol. The Labute approximate surface area is 109 Å². The van der Waals surface area contributed by atoms with Gasteiger partial charge in [0.2, 0.25) is 0 Å². The number of hydrogen-bond donors (Lipinski definition) is 1. The molecule has 2 aromatic rings. The van der Waals surface area contributed by atoms with Gasteiger partial charge in [-0.15, -0.1) is 0 Å². The molecule has 0 unspecified atom stereocenters. The number of aryl methyl sites for hydroxylation is 1. The Kier molecular flexibility index (Phi) is 4.65. The zero-order valence-corrected chi connectivity index (χ0v) is 11.3. The molecule has 0 aliphatic carbocycles.